The number of hydrogen-bond donors (Lipinski definition) is 0. The van der Waals surface area contributed by atoms with E-state index in [0.717, 1.165) is 11.5 Å². The molecule has 0 fully saturated rings. The van der Waals surface area contributed by atoms with Gasteiger partial charge in [-0.1, -0.05) is 18.2 Å². The van der Waals surface area contributed by atoms with E-state index in [1.54, 1.807) is 13.0 Å². The Morgan fingerprint density at radius 2 is 1.84 bits per heavy atom. The minimum absolute atomic E-state index is 0.362. The molecule has 1 aromatic carbocycles. The van der Waals surface area contributed by atoms with Gasteiger partial charge in [0.15, 0.2) is 0 Å². The van der Waals surface area contributed by atoms with Crippen LogP contribution < -0.4 is 4.90 Å². The normalized spacial score (nSPS) is 10.1. The first-order valence-corrected chi connectivity index (χ1v) is 5.98. The number of pyridine rings is 1. The molecule has 0 unspecified atom stereocenters. The zero-order chi connectivity index (χ0) is 13.8. The van der Waals surface area contributed by atoms with E-state index in [1.807, 2.05) is 48.3 Å². The van der Waals surface area contributed by atoms with Gasteiger partial charge in [0.25, 0.3) is 0 Å². The molecule has 0 saturated carbocycles. The fourth-order valence-electron chi connectivity index (χ4n) is 1.84. The molecule has 2 aromatic rings. The lowest BCUT2D eigenvalue weighted by molar-refractivity contribution is 0.0599. The molecule has 1 heterocycles. The zero-order valence-corrected chi connectivity index (χ0v) is 11.3. The number of para-hydroxylation sites is 1. The molecule has 1 aromatic heterocycles. The van der Waals surface area contributed by atoms with Crippen LogP contribution in [0.2, 0.25) is 0 Å². The van der Waals surface area contributed by atoms with Crippen molar-refractivity contribution in [3.05, 3.63) is 53.7 Å². The fourth-order valence-corrected chi connectivity index (χ4v) is 1.84. The molecular formula is C15H16N2O2. The molecule has 0 radical (unpaired) electrons. The first-order valence-electron chi connectivity index (χ1n) is 5.98. The Labute approximate surface area is 112 Å². The molecule has 98 valence electrons. The number of anilines is 2. The highest BCUT2D eigenvalue weighted by Gasteiger charge is 2.12. The minimum Gasteiger partial charge on any atom is -0.465 e. The lowest BCUT2D eigenvalue weighted by atomic mass is 10.2. The van der Waals surface area contributed by atoms with Crippen molar-refractivity contribution in [2.75, 3.05) is 19.1 Å². The number of ether oxygens (including phenoxy) is 1. The Bertz CT molecular complexity index is 582. The summed E-state index contributed by atoms with van der Waals surface area (Å²) in [5.41, 5.74) is 2.19. The number of hydrogen-bond acceptors (Lipinski definition) is 4. The maximum Gasteiger partial charge on any atom is 0.339 e. The second-order valence-corrected chi connectivity index (χ2v) is 4.19. The molecule has 19 heavy (non-hydrogen) atoms. The molecular weight excluding hydrogens is 240 g/mol. The van der Waals surface area contributed by atoms with Crippen molar-refractivity contribution in [3.8, 4) is 0 Å². The second kappa shape index (κ2) is 5.52. The number of rotatable bonds is 3. The van der Waals surface area contributed by atoms with Gasteiger partial charge in [-0.3, -0.25) is 0 Å². The monoisotopic (exact) mass is 256 g/mol. The van der Waals surface area contributed by atoms with Gasteiger partial charge in [0, 0.05) is 12.7 Å². The lowest BCUT2D eigenvalue weighted by Gasteiger charge is -2.19. The standard InChI is InChI=1S/C15H16N2O2/c1-11-13(15(18)19-3)9-10-14(16-11)17(2)12-7-5-4-6-8-12/h4-10H,1-3H3. The van der Waals surface area contributed by atoms with Crippen molar-refractivity contribution in [2.45, 2.75) is 6.92 Å². The smallest absolute Gasteiger partial charge is 0.339 e. The van der Waals surface area contributed by atoms with Crippen LogP contribution in [0.4, 0.5) is 11.5 Å². The summed E-state index contributed by atoms with van der Waals surface area (Å²) < 4.78 is 4.71. The second-order valence-electron chi connectivity index (χ2n) is 4.19. The average molecular weight is 256 g/mol. The van der Waals surface area contributed by atoms with Crippen LogP contribution in [0.3, 0.4) is 0 Å². The maximum atomic E-state index is 11.5. The molecule has 2 rings (SSSR count). The highest BCUT2D eigenvalue weighted by atomic mass is 16.5. The number of carbonyl (C=O) groups excluding carboxylic acids is 1. The van der Waals surface area contributed by atoms with Gasteiger partial charge in [-0.2, -0.15) is 0 Å². The summed E-state index contributed by atoms with van der Waals surface area (Å²) in [7, 11) is 3.31. The van der Waals surface area contributed by atoms with Crippen LogP contribution in [-0.2, 0) is 4.74 Å². The molecule has 0 aliphatic heterocycles. The van der Waals surface area contributed by atoms with E-state index in [0.29, 0.717) is 11.3 Å². The third kappa shape index (κ3) is 2.73. The number of methoxy groups -OCH3 is 1. The fraction of sp³-hybridized carbons (Fsp3) is 0.200. The lowest BCUT2D eigenvalue weighted by Crippen LogP contribution is -2.13. The van der Waals surface area contributed by atoms with Crippen LogP contribution in [0.1, 0.15) is 16.1 Å². The van der Waals surface area contributed by atoms with Crippen LogP contribution in [0.5, 0.6) is 0 Å². The van der Waals surface area contributed by atoms with Crippen LogP contribution in [0.15, 0.2) is 42.5 Å². The van der Waals surface area contributed by atoms with Crippen molar-refractivity contribution in [1.29, 1.82) is 0 Å². The number of aryl methyl sites for hydroxylation is 1. The Balaban J connectivity index is 2.32. The molecule has 4 heteroatoms. The number of nitrogens with zero attached hydrogens (tertiary/aromatic N) is 2. The van der Waals surface area contributed by atoms with E-state index in [4.69, 9.17) is 4.74 Å². The largest absolute Gasteiger partial charge is 0.465 e. The molecule has 0 spiro atoms. The van der Waals surface area contributed by atoms with Crippen molar-refractivity contribution in [3.63, 3.8) is 0 Å². The van der Waals surface area contributed by atoms with Crippen LogP contribution >= 0.6 is 0 Å². The first kappa shape index (κ1) is 13.1. The Morgan fingerprint density at radius 3 is 2.42 bits per heavy atom. The van der Waals surface area contributed by atoms with Crippen molar-refractivity contribution in [2.24, 2.45) is 0 Å². The molecule has 0 aliphatic rings. The van der Waals surface area contributed by atoms with Crippen molar-refractivity contribution < 1.29 is 9.53 Å². The summed E-state index contributed by atoms with van der Waals surface area (Å²) in [5, 5.41) is 0. The molecule has 0 aliphatic carbocycles. The van der Waals surface area contributed by atoms with E-state index in [9.17, 15) is 4.79 Å². The molecule has 0 saturated heterocycles. The summed E-state index contributed by atoms with van der Waals surface area (Å²) in [6.45, 7) is 1.80. The number of aromatic nitrogens is 1. The predicted octanol–water partition coefficient (Wildman–Crippen LogP) is 2.94. The number of benzene rings is 1. The van der Waals surface area contributed by atoms with Crippen LogP contribution in [0, 0.1) is 6.92 Å². The van der Waals surface area contributed by atoms with E-state index in [-0.39, 0.29) is 5.97 Å². The summed E-state index contributed by atoms with van der Waals surface area (Å²) in [6.07, 6.45) is 0. The highest BCUT2D eigenvalue weighted by Crippen LogP contribution is 2.22. The summed E-state index contributed by atoms with van der Waals surface area (Å²) in [5.74, 6) is 0.426. The van der Waals surface area contributed by atoms with E-state index >= 15 is 0 Å². The molecule has 4 nitrogen and oxygen atoms in total. The minimum atomic E-state index is -0.362. The van der Waals surface area contributed by atoms with Crippen molar-refractivity contribution >= 4 is 17.5 Å². The summed E-state index contributed by atoms with van der Waals surface area (Å²) >= 11 is 0. The van der Waals surface area contributed by atoms with E-state index < -0.39 is 0 Å². The van der Waals surface area contributed by atoms with Gasteiger partial charge < -0.3 is 9.64 Å². The van der Waals surface area contributed by atoms with Crippen molar-refractivity contribution in [1.82, 2.24) is 4.98 Å². The van der Waals surface area contributed by atoms with Gasteiger partial charge in [-0.25, -0.2) is 9.78 Å². The Kier molecular flexibility index (Phi) is 3.80. The van der Waals surface area contributed by atoms with Gasteiger partial charge in [0.05, 0.1) is 18.4 Å². The molecule has 0 bridgehead atoms. The van der Waals surface area contributed by atoms with Gasteiger partial charge in [-0.05, 0) is 31.2 Å². The Morgan fingerprint density at radius 1 is 1.16 bits per heavy atom. The first-order chi connectivity index (χ1) is 9.13. The quantitative estimate of drug-likeness (QED) is 0.792. The van der Waals surface area contributed by atoms with E-state index in [2.05, 4.69) is 4.98 Å². The van der Waals surface area contributed by atoms with Crippen LogP contribution in [0.25, 0.3) is 0 Å². The number of carbonyl (C=O) groups is 1. The SMILES string of the molecule is COC(=O)c1ccc(N(C)c2ccccc2)nc1C. The van der Waals surface area contributed by atoms with Gasteiger partial charge >= 0.3 is 5.97 Å². The Hall–Kier alpha value is -2.36. The molecule has 0 N–H and O–H groups in total. The third-order valence-corrected chi connectivity index (χ3v) is 2.96. The van der Waals surface area contributed by atoms with Gasteiger partial charge in [0.1, 0.15) is 5.82 Å². The third-order valence-electron chi connectivity index (χ3n) is 2.96. The molecule has 0 amide bonds. The highest BCUT2D eigenvalue weighted by molar-refractivity contribution is 5.90. The van der Waals surface area contributed by atoms with Gasteiger partial charge in [-0.15, -0.1) is 0 Å². The maximum absolute atomic E-state index is 11.5. The van der Waals surface area contributed by atoms with E-state index in [1.165, 1.54) is 7.11 Å². The summed E-state index contributed by atoms with van der Waals surface area (Å²) in [4.78, 5) is 17.9. The molecule has 0 atom stereocenters. The van der Waals surface area contributed by atoms with Gasteiger partial charge in [0.2, 0.25) is 0 Å². The zero-order valence-electron chi connectivity index (χ0n) is 11.3. The summed E-state index contributed by atoms with van der Waals surface area (Å²) in [6, 6.07) is 13.5. The topological polar surface area (TPSA) is 42.4 Å². The number of esters is 1. The van der Waals surface area contributed by atoms with Crippen LogP contribution in [-0.4, -0.2) is 25.1 Å². The predicted molar refractivity (Wildman–Crippen MR) is 74.8 cm³/mol. The average Bonchev–Trinajstić information content (AvgIpc) is 2.46.